The summed E-state index contributed by atoms with van der Waals surface area (Å²) in [5, 5.41) is 0. The third-order valence-corrected chi connectivity index (χ3v) is 2.69. The first kappa shape index (κ1) is 9.26. The van der Waals surface area contributed by atoms with Crippen molar-refractivity contribution in [3.05, 3.63) is 0 Å². The predicted octanol–water partition coefficient (Wildman–Crippen LogP) is -0.643. The Morgan fingerprint density at radius 1 is 1.13 bits per heavy atom. The Labute approximate surface area is 85.4 Å². The molecule has 82 valence electrons. The fraction of sp³-hybridized carbons (Fsp3) is 0.778. The highest BCUT2D eigenvalue weighted by Gasteiger charge is 2.63. The number of fused-ring (bicyclic) bond motifs is 3. The van der Waals surface area contributed by atoms with Crippen LogP contribution in [-0.2, 0) is 28.5 Å². The van der Waals surface area contributed by atoms with Gasteiger partial charge in [-0.15, -0.1) is 0 Å². The quantitative estimate of drug-likeness (QED) is 0.394. The Hall–Kier alpha value is -0.980. The lowest BCUT2D eigenvalue weighted by Gasteiger charge is -2.20. The third-order valence-electron chi connectivity index (χ3n) is 2.69. The molecule has 3 aliphatic heterocycles. The van der Waals surface area contributed by atoms with Gasteiger partial charge in [-0.2, -0.15) is 0 Å². The van der Waals surface area contributed by atoms with Gasteiger partial charge in [0.2, 0.25) is 0 Å². The van der Waals surface area contributed by atoms with Gasteiger partial charge in [0, 0.05) is 0 Å². The minimum atomic E-state index is -0.858. The van der Waals surface area contributed by atoms with Crippen molar-refractivity contribution in [1.82, 2.24) is 0 Å². The van der Waals surface area contributed by atoms with Crippen LogP contribution in [0.5, 0.6) is 0 Å². The fourth-order valence-electron chi connectivity index (χ4n) is 2.12. The standard InChI is InChI=1S/C9H10O6/c1-9(2)14-6-5-4(13-8(6)15-9)3(10)7(11)12-5/h4-6,8H,1-2H3/t4-,5+,6-,8-/m1/s1. The van der Waals surface area contributed by atoms with Crippen LogP contribution in [0.15, 0.2) is 0 Å². The average Bonchev–Trinajstić information content (AvgIpc) is 2.66. The summed E-state index contributed by atoms with van der Waals surface area (Å²) in [5.74, 6) is -2.27. The number of carbonyl (C=O) groups excluding carboxylic acids is 2. The number of hydrogen-bond donors (Lipinski definition) is 0. The highest BCUT2D eigenvalue weighted by atomic mass is 16.8. The second-order valence-corrected chi connectivity index (χ2v) is 4.26. The monoisotopic (exact) mass is 214 g/mol. The van der Waals surface area contributed by atoms with E-state index in [4.69, 9.17) is 18.9 Å². The maximum atomic E-state index is 11.3. The number of carbonyl (C=O) groups is 2. The summed E-state index contributed by atoms with van der Waals surface area (Å²) in [5.41, 5.74) is 0. The van der Waals surface area contributed by atoms with Crippen molar-refractivity contribution >= 4 is 11.8 Å². The first-order valence-corrected chi connectivity index (χ1v) is 4.74. The molecule has 3 aliphatic rings. The SMILES string of the molecule is CC1(C)O[C@H]2O[C@@H]3C(=O)C(=O)O[C@@H]3[C@H]2O1. The molecular formula is C9H10O6. The molecule has 3 heterocycles. The van der Waals surface area contributed by atoms with Gasteiger partial charge in [-0.05, 0) is 13.8 Å². The Morgan fingerprint density at radius 2 is 1.87 bits per heavy atom. The molecule has 15 heavy (non-hydrogen) atoms. The Kier molecular flexibility index (Phi) is 1.59. The van der Waals surface area contributed by atoms with Crippen LogP contribution in [0.1, 0.15) is 13.8 Å². The zero-order valence-electron chi connectivity index (χ0n) is 8.26. The van der Waals surface area contributed by atoms with E-state index in [-0.39, 0.29) is 0 Å². The molecule has 0 amide bonds. The van der Waals surface area contributed by atoms with Crippen molar-refractivity contribution in [1.29, 1.82) is 0 Å². The number of ether oxygens (including phenoxy) is 4. The van der Waals surface area contributed by atoms with E-state index in [1.54, 1.807) is 13.8 Å². The summed E-state index contributed by atoms with van der Waals surface area (Å²) >= 11 is 0. The zero-order chi connectivity index (χ0) is 10.8. The maximum absolute atomic E-state index is 11.3. The smallest absolute Gasteiger partial charge is 0.378 e. The topological polar surface area (TPSA) is 71.1 Å². The first-order chi connectivity index (χ1) is 6.98. The van der Waals surface area contributed by atoms with Gasteiger partial charge in [0.05, 0.1) is 0 Å². The fourth-order valence-corrected chi connectivity index (χ4v) is 2.12. The highest BCUT2D eigenvalue weighted by molar-refractivity contribution is 6.37. The number of rotatable bonds is 0. The lowest BCUT2D eigenvalue weighted by molar-refractivity contribution is -0.209. The second kappa shape index (κ2) is 2.58. The zero-order valence-corrected chi connectivity index (χ0v) is 8.26. The minimum absolute atomic E-state index is 0.500. The molecule has 0 N–H and O–H groups in total. The molecule has 3 rings (SSSR count). The molecule has 0 unspecified atom stereocenters. The van der Waals surface area contributed by atoms with Gasteiger partial charge >= 0.3 is 5.97 Å². The molecule has 4 atom stereocenters. The molecule has 0 saturated carbocycles. The van der Waals surface area contributed by atoms with Crippen molar-refractivity contribution in [3.8, 4) is 0 Å². The molecule has 3 saturated heterocycles. The molecule has 3 fully saturated rings. The van der Waals surface area contributed by atoms with Crippen molar-refractivity contribution in [2.45, 2.75) is 44.2 Å². The van der Waals surface area contributed by atoms with E-state index >= 15 is 0 Å². The van der Waals surface area contributed by atoms with Crippen LogP contribution in [-0.4, -0.2) is 42.1 Å². The lowest BCUT2D eigenvalue weighted by atomic mass is 10.1. The molecule has 0 spiro atoms. The summed E-state index contributed by atoms with van der Waals surface area (Å²) in [6.45, 7) is 3.48. The summed E-state index contributed by atoms with van der Waals surface area (Å²) < 4.78 is 21.1. The van der Waals surface area contributed by atoms with E-state index in [2.05, 4.69) is 0 Å². The van der Waals surface area contributed by atoms with Gasteiger partial charge in [0.15, 0.2) is 30.4 Å². The molecular weight excluding hydrogens is 204 g/mol. The molecule has 0 aromatic heterocycles. The van der Waals surface area contributed by atoms with Crippen molar-refractivity contribution in [2.24, 2.45) is 0 Å². The largest absolute Gasteiger partial charge is 0.450 e. The summed E-state index contributed by atoms with van der Waals surface area (Å²) in [6.07, 6.45) is -2.63. The average molecular weight is 214 g/mol. The van der Waals surface area contributed by atoms with E-state index in [1.165, 1.54) is 0 Å². The first-order valence-electron chi connectivity index (χ1n) is 4.74. The molecule has 6 nitrogen and oxygen atoms in total. The van der Waals surface area contributed by atoms with Gasteiger partial charge in [-0.1, -0.05) is 0 Å². The van der Waals surface area contributed by atoms with Gasteiger partial charge in [-0.25, -0.2) is 4.79 Å². The molecule has 0 aromatic rings. The van der Waals surface area contributed by atoms with E-state index in [9.17, 15) is 9.59 Å². The van der Waals surface area contributed by atoms with Crippen molar-refractivity contribution in [3.63, 3.8) is 0 Å². The van der Waals surface area contributed by atoms with Crippen LogP contribution in [0, 0.1) is 0 Å². The molecule has 0 radical (unpaired) electrons. The molecule has 6 heteroatoms. The summed E-state index contributed by atoms with van der Waals surface area (Å²) in [6, 6.07) is 0. The van der Waals surface area contributed by atoms with Gasteiger partial charge in [-0.3, -0.25) is 4.79 Å². The number of ketones is 1. The van der Waals surface area contributed by atoms with Crippen LogP contribution >= 0.6 is 0 Å². The molecule has 0 bridgehead atoms. The number of hydrogen-bond acceptors (Lipinski definition) is 6. The van der Waals surface area contributed by atoms with E-state index in [0.717, 1.165) is 0 Å². The van der Waals surface area contributed by atoms with E-state index < -0.39 is 42.1 Å². The van der Waals surface area contributed by atoms with Gasteiger partial charge in [0.25, 0.3) is 5.78 Å². The summed E-state index contributed by atoms with van der Waals surface area (Å²) in [4.78, 5) is 22.3. The number of esters is 1. The van der Waals surface area contributed by atoms with Crippen LogP contribution in [0.2, 0.25) is 0 Å². The van der Waals surface area contributed by atoms with Crippen molar-refractivity contribution in [2.75, 3.05) is 0 Å². The van der Waals surface area contributed by atoms with E-state index in [0.29, 0.717) is 0 Å². The second-order valence-electron chi connectivity index (χ2n) is 4.26. The van der Waals surface area contributed by atoms with Gasteiger partial charge < -0.3 is 18.9 Å². The Balaban J connectivity index is 1.86. The maximum Gasteiger partial charge on any atom is 0.378 e. The normalized spacial score (nSPS) is 46.5. The van der Waals surface area contributed by atoms with Crippen LogP contribution in [0.4, 0.5) is 0 Å². The van der Waals surface area contributed by atoms with Crippen LogP contribution in [0.25, 0.3) is 0 Å². The molecule has 0 aromatic carbocycles. The van der Waals surface area contributed by atoms with Crippen molar-refractivity contribution < 1.29 is 28.5 Å². The minimum Gasteiger partial charge on any atom is -0.450 e. The lowest BCUT2D eigenvalue weighted by Crippen LogP contribution is -2.33. The Morgan fingerprint density at radius 3 is 2.60 bits per heavy atom. The van der Waals surface area contributed by atoms with Crippen LogP contribution < -0.4 is 0 Å². The number of Topliss-reactive ketones (excluding diaryl/α,β-unsaturated/α-hetero) is 1. The summed E-state index contributed by atoms with van der Waals surface area (Å²) in [7, 11) is 0. The predicted molar refractivity (Wildman–Crippen MR) is 43.6 cm³/mol. The third kappa shape index (κ3) is 1.15. The highest BCUT2D eigenvalue weighted by Crippen LogP contribution is 2.40. The molecule has 0 aliphatic carbocycles. The van der Waals surface area contributed by atoms with Gasteiger partial charge in [0.1, 0.15) is 0 Å². The van der Waals surface area contributed by atoms with E-state index in [1.807, 2.05) is 0 Å². The Bertz CT molecular complexity index is 349. The van der Waals surface area contributed by atoms with Crippen LogP contribution in [0.3, 0.4) is 0 Å².